The Kier molecular flexibility index (Phi) is 6.01. The molecule has 0 fully saturated rings. The quantitative estimate of drug-likeness (QED) is 0.619. The average molecular weight is 375 g/mol. The fourth-order valence-corrected chi connectivity index (χ4v) is 2.95. The Morgan fingerprint density at radius 3 is 2.43 bits per heavy atom. The van der Waals surface area contributed by atoms with Crippen molar-refractivity contribution in [2.24, 2.45) is 0 Å². The second-order valence-electron chi connectivity index (χ2n) is 6.30. The lowest BCUT2D eigenvalue weighted by Crippen LogP contribution is -2.33. The molecule has 0 aromatic heterocycles. The van der Waals surface area contributed by atoms with E-state index in [2.05, 4.69) is 16.0 Å². The van der Waals surface area contributed by atoms with Crippen LogP contribution >= 0.6 is 0 Å². The van der Waals surface area contributed by atoms with E-state index in [1.807, 2.05) is 42.5 Å². The lowest BCUT2D eigenvalue weighted by Gasteiger charge is -2.09. The Morgan fingerprint density at radius 2 is 1.61 bits per heavy atom. The number of carbonyl (C=O) groups excluding carboxylic acids is 3. The van der Waals surface area contributed by atoms with E-state index in [1.54, 1.807) is 31.3 Å². The van der Waals surface area contributed by atoms with Gasteiger partial charge in [-0.2, -0.15) is 0 Å². The number of amides is 3. The highest BCUT2D eigenvalue weighted by molar-refractivity contribution is 5.98. The maximum atomic E-state index is 12.3. The van der Waals surface area contributed by atoms with Gasteiger partial charge in [0.15, 0.2) is 0 Å². The minimum atomic E-state index is -0.361. The fourth-order valence-electron chi connectivity index (χ4n) is 2.95. The highest BCUT2D eigenvalue weighted by Crippen LogP contribution is 2.18. The molecular formula is C22H21N3O3. The second kappa shape index (κ2) is 8.81. The third-order valence-electron chi connectivity index (χ3n) is 4.31. The third-order valence-corrected chi connectivity index (χ3v) is 4.31. The molecule has 0 unspecified atom stereocenters. The number of anilines is 1. The Labute approximate surface area is 162 Å². The summed E-state index contributed by atoms with van der Waals surface area (Å²) in [7, 11) is 1.54. The summed E-state index contributed by atoms with van der Waals surface area (Å²) in [5.74, 6) is -0.828. The number of hydrogen-bond donors (Lipinski definition) is 3. The average Bonchev–Trinajstić information content (AvgIpc) is 2.72. The standard InChI is InChI=1S/C22H21N3O3/c1-23-22(28)17-9-5-10-18(12-17)25-21(27)14-24-20(26)13-16-8-4-7-15-6-2-3-11-19(15)16/h2-12H,13-14H2,1H3,(H,23,28)(H,24,26)(H,25,27). The van der Waals surface area contributed by atoms with Crippen LogP contribution < -0.4 is 16.0 Å². The van der Waals surface area contributed by atoms with Crippen molar-refractivity contribution in [2.45, 2.75) is 6.42 Å². The molecule has 0 saturated carbocycles. The number of rotatable bonds is 6. The molecule has 0 radical (unpaired) electrons. The van der Waals surface area contributed by atoms with Gasteiger partial charge in [0.2, 0.25) is 11.8 Å². The van der Waals surface area contributed by atoms with Gasteiger partial charge in [-0.3, -0.25) is 14.4 Å². The predicted molar refractivity (Wildman–Crippen MR) is 109 cm³/mol. The van der Waals surface area contributed by atoms with E-state index in [9.17, 15) is 14.4 Å². The zero-order valence-corrected chi connectivity index (χ0v) is 15.5. The predicted octanol–water partition coefficient (Wildman–Crippen LogP) is 2.50. The molecule has 0 bridgehead atoms. The van der Waals surface area contributed by atoms with Crippen LogP contribution in [-0.2, 0) is 16.0 Å². The van der Waals surface area contributed by atoms with Crippen molar-refractivity contribution in [2.75, 3.05) is 18.9 Å². The van der Waals surface area contributed by atoms with Gasteiger partial charge in [-0.25, -0.2) is 0 Å². The normalized spacial score (nSPS) is 10.3. The highest BCUT2D eigenvalue weighted by Gasteiger charge is 2.10. The molecule has 3 N–H and O–H groups in total. The van der Waals surface area contributed by atoms with Gasteiger partial charge >= 0.3 is 0 Å². The molecule has 28 heavy (non-hydrogen) atoms. The van der Waals surface area contributed by atoms with Crippen molar-refractivity contribution in [3.63, 3.8) is 0 Å². The van der Waals surface area contributed by atoms with E-state index in [1.165, 1.54) is 0 Å². The first kappa shape index (κ1) is 19.1. The maximum Gasteiger partial charge on any atom is 0.251 e. The van der Waals surface area contributed by atoms with Gasteiger partial charge in [0.1, 0.15) is 0 Å². The summed E-state index contributed by atoms with van der Waals surface area (Å²) < 4.78 is 0. The molecule has 0 spiro atoms. The van der Waals surface area contributed by atoms with Crippen molar-refractivity contribution in [1.82, 2.24) is 10.6 Å². The first-order valence-corrected chi connectivity index (χ1v) is 8.92. The van der Waals surface area contributed by atoms with Crippen molar-refractivity contribution in [1.29, 1.82) is 0 Å². The van der Waals surface area contributed by atoms with Crippen LogP contribution in [0.2, 0.25) is 0 Å². The van der Waals surface area contributed by atoms with Crippen molar-refractivity contribution in [3.8, 4) is 0 Å². The van der Waals surface area contributed by atoms with Crippen LogP contribution in [0.15, 0.2) is 66.7 Å². The van der Waals surface area contributed by atoms with E-state index in [-0.39, 0.29) is 30.7 Å². The summed E-state index contributed by atoms with van der Waals surface area (Å²) in [6.45, 7) is -0.145. The second-order valence-corrected chi connectivity index (χ2v) is 6.30. The zero-order chi connectivity index (χ0) is 19.9. The van der Waals surface area contributed by atoms with Crippen LogP contribution in [0.5, 0.6) is 0 Å². The molecule has 0 atom stereocenters. The van der Waals surface area contributed by atoms with E-state index < -0.39 is 0 Å². The number of benzene rings is 3. The number of hydrogen-bond acceptors (Lipinski definition) is 3. The van der Waals surface area contributed by atoms with Gasteiger partial charge in [0.25, 0.3) is 5.91 Å². The third kappa shape index (κ3) is 4.73. The SMILES string of the molecule is CNC(=O)c1cccc(NC(=O)CNC(=O)Cc2cccc3ccccc23)c1. The molecule has 6 heteroatoms. The van der Waals surface area contributed by atoms with Gasteiger partial charge < -0.3 is 16.0 Å². The Bertz CT molecular complexity index is 1020. The minimum Gasteiger partial charge on any atom is -0.355 e. The first-order chi connectivity index (χ1) is 13.6. The minimum absolute atomic E-state index is 0.145. The molecule has 0 aliphatic carbocycles. The van der Waals surface area contributed by atoms with Crippen molar-refractivity contribution < 1.29 is 14.4 Å². The summed E-state index contributed by atoms with van der Waals surface area (Å²) in [4.78, 5) is 36.0. The molecule has 142 valence electrons. The van der Waals surface area contributed by atoms with Crippen molar-refractivity contribution in [3.05, 3.63) is 77.9 Å². The summed E-state index contributed by atoms with van der Waals surface area (Å²) >= 11 is 0. The monoisotopic (exact) mass is 375 g/mol. The molecular weight excluding hydrogens is 354 g/mol. The Balaban J connectivity index is 1.56. The maximum absolute atomic E-state index is 12.3. The first-order valence-electron chi connectivity index (χ1n) is 8.92. The summed E-state index contributed by atoms with van der Waals surface area (Å²) in [5.41, 5.74) is 1.85. The molecule has 3 amide bonds. The van der Waals surface area contributed by atoms with E-state index in [0.29, 0.717) is 11.3 Å². The van der Waals surface area contributed by atoms with Crippen LogP contribution in [0.4, 0.5) is 5.69 Å². The molecule has 3 aromatic rings. The fraction of sp³-hybridized carbons (Fsp3) is 0.136. The van der Waals surface area contributed by atoms with Crippen LogP contribution in [0.3, 0.4) is 0 Å². The van der Waals surface area contributed by atoms with E-state index in [0.717, 1.165) is 16.3 Å². The molecule has 0 saturated heterocycles. The zero-order valence-electron chi connectivity index (χ0n) is 15.5. The summed E-state index contributed by atoms with van der Waals surface area (Å²) in [5, 5.41) is 9.93. The summed E-state index contributed by atoms with van der Waals surface area (Å²) in [6.07, 6.45) is 0.195. The molecule has 3 rings (SSSR count). The number of carbonyl (C=O) groups is 3. The van der Waals surface area contributed by atoms with Gasteiger partial charge in [-0.05, 0) is 34.5 Å². The van der Waals surface area contributed by atoms with Gasteiger partial charge in [0, 0.05) is 18.3 Å². The molecule has 0 aliphatic heterocycles. The molecule has 6 nitrogen and oxygen atoms in total. The van der Waals surface area contributed by atoms with Crippen LogP contribution in [0, 0.1) is 0 Å². The van der Waals surface area contributed by atoms with Crippen LogP contribution in [0.25, 0.3) is 10.8 Å². The van der Waals surface area contributed by atoms with E-state index >= 15 is 0 Å². The largest absolute Gasteiger partial charge is 0.355 e. The Morgan fingerprint density at radius 1 is 0.857 bits per heavy atom. The van der Waals surface area contributed by atoms with Gasteiger partial charge in [-0.15, -0.1) is 0 Å². The van der Waals surface area contributed by atoms with Gasteiger partial charge in [-0.1, -0.05) is 48.5 Å². The molecule has 0 heterocycles. The van der Waals surface area contributed by atoms with Crippen molar-refractivity contribution >= 4 is 34.2 Å². The lowest BCUT2D eigenvalue weighted by molar-refractivity contribution is -0.123. The van der Waals surface area contributed by atoms with Crippen LogP contribution in [0.1, 0.15) is 15.9 Å². The van der Waals surface area contributed by atoms with Gasteiger partial charge in [0.05, 0.1) is 13.0 Å². The summed E-state index contributed by atoms with van der Waals surface area (Å²) in [6, 6.07) is 20.3. The smallest absolute Gasteiger partial charge is 0.251 e. The van der Waals surface area contributed by atoms with Crippen LogP contribution in [-0.4, -0.2) is 31.3 Å². The van der Waals surface area contributed by atoms with E-state index in [4.69, 9.17) is 0 Å². The molecule has 3 aromatic carbocycles. The topological polar surface area (TPSA) is 87.3 Å². The lowest BCUT2D eigenvalue weighted by atomic mass is 10.0. The number of nitrogens with one attached hydrogen (secondary N) is 3. The highest BCUT2D eigenvalue weighted by atomic mass is 16.2. The Hall–Kier alpha value is -3.67. The number of fused-ring (bicyclic) bond motifs is 1. The molecule has 0 aliphatic rings.